The molecule has 90 valence electrons. The standard InChI is InChI=1S/C12H14ClN3S/c1-2-8-5-9-10(14-7-15-11(9)17-8)16-12(6-13)3-4-12/h5,7H,2-4,6H2,1H3,(H,14,15,16). The number of thiophene rings is 1. The maximum atomic E-state index is 5.99. The highest BCUT2D eigenvalue weighted by Gasteiger charge is 2.42. The lowest BCUT2D eigenvalue weighted by Crippen LogP contribution is -2.23. The first kappa shape index (κ1) is 11.2. The topological polar surface area (TPSA) is 37.8 Å². The molecule has 3 nitrogen and oxygen atoms in total. The van der Waals surface area contributed by atoms with Crippen molar-refractivity contribution in [2.45, 2.75) is 31.7 Å². The fraction of sp³-hybridized carbons (Fsp3) is 0.500. The minimum atomic E-state index is 0.0805. The normalized spacial score (nSPS) is 17.3. The Bertz CT molecular complexity index is 548. The molecule has 0 atom stereocenters. The lowest BCUT2D eigenvalue weighted by molar-refractivity contribution is 0.831. The van der Waals surface area contributed by atoms with E-state index in [1.54, 1.807) is 17.7 Å². The molecule has 2 aromatic heterocycles. The average molecular weight is 268 g/mol. The van der Waals surface area contributed by atoms with Crippen LogP contribution in [0.2, 0.25) is 0 Å². The Hall–Kier alpha value is -0.870. The van der Waals surface area contributed by atoms with Crippen molar-refractivity contribution in [1.29, 1.82) is 0 Å². The highest BCUT2D eigenvalue weighted by Crippen LogP contribution is 2.41. The Kier molecular flexibility index (Phi) is 2.71. The molecular weight excluding hydrogens is 254 g/mol. The predicted octanol–water partition coefficient (Wildman–Crippen LogP) is 3.44. The van der Waals surface area contributed by atoms with Gasteiger partial charge in [-0.2, -0.15) is 0 Å². The van der Waals surface area contributed by atoms with Gasteiger partial charge in [-0.3, -0.25) is 0 Å². The van der Waals surface area contributed by atoms with Gasteiger partial charge >= 0.3 is 0 Å². The molecule has 0 unspecified atom stereocenters. The van der Waals surface area contributed by atoms with Gasteiger partial charge < -0.3 is 5.32 Å². The molecule has 1 fully saturated rings. The monoisotopic (exact) mass is 267 g/mol. The summed E-state index contributed by atoms with van der Waals surface area (Å²) in [7, 11) is 0. The number of rotatable bonds is 4. The van der Waals surface area contributed by atoms with E-state index in [0.29, 0.717) is 5.88 Å². The number of fused-ring (bicyclic) bond motifs is 1. The van der Waals surface area contributed by atoms with Crippen LogP contribution >= 0.6 is 22.9 Å². The third kappa shape index (κ3) is 2.00. The number of hydrogen-bond donors (Lipinski definition) is 1. The summed E-state index contributed by atoms with van der Waals surface area (Å²) >= 11 is 7.73. The van der Waals surface area contributed by atoms with E-state index in [1.807, 2.05) is 0 Å². The van der Waals surface area contributed by atoms with E-state index in [2.05, 4.69) is 28.3 Å². The maximum Gasteiger partial charge on any atom is 0.138 e. The van der Waals surface area contributed by atoms with Gasteiger partial charge in [0.25, 0.3) is 0 Å². The molecular formula is C12H14ClN3S. The van der Waals surface area contributed by atoms with Crippen LogP contribution in [-0.4, -0.2) is 21.4 Å². The number of nitrogens with one attached hydrogen (secondary N) is 1. The average Bonchev–Trinajstić information content (AvgIpc) is 2.99. The summed E-state index contributed by atoms with van der Waals surface area (Å²) in [5.41, 5.74) is 0.0805. The van der Waals surface area contributed by atoms with Crippen LogP contribution < -0.4 is 5.32 Å². The molecule has 17 heavy (non-hydrogen) atoms. The van der Waals surface area contributed by atoms with Crippen molar-refractivity contribution in [3.8, 4) is 0 Å². The van der Waals surface area contributed by atoms with Crippen molar-refractivity contribution >= 4 is 39.0 Å². The molecule has 2 heterocycles. The van der Waals surface area contributed by atoms with Gasteiger partial charge in [-0.25, -0.2) is 9.97 Å². The zero-order valence-electron chi connectivity index (χ0n) is 9.66. The van der Waals surface area contributed by atoms with E-state index in [0.717, 1.165) is 35.3 Å². The third-order valence-corrected chi connectivity index (χ3v) is 4.92. The first-order valence-electron chi connectivity index (χ1n) is 5.84. The van der Waals surface area contributed by atoms with Crippen LogP contribution in [0.3, 0.4) is 0 Å². The molecule has 2 aromatic rings. The Morgan fingerprint density at radius 1 is 1.47 bits per heavy atom. The number of halogens is 1. The van der Waals surface area contributed by atoms with Crippen LogP contribution in [0.1, 0.15) is 24.6 Å². The highest BCUT2D eigenvalue weighted by molar-refractivity contribution is 7.18. The SMILES string of the molecule is CCc1cc2c(NC3(CCl)CC3)ncnc2s1. The third-order valence-electron chi connectivity index (χ3n) is 3.22. The van der Waals surface area contributed by atoms with Crippen LogP contribution in [0.15, 0.2) is 12.4 Å². The highest BCUT2D eigenvalue weighted by atomic mass is 35.5. The quantitative estimate of drug-likeness (QED) is 0.863. The van der Waals surface area contributed by atoms with E-state index < -0.39 is 0 Å². The van der Waals surface area contributed by atoms with Gasteiger partial charge in [-0.1, -0.05) is 6.92 Å². The summed E-state index contributed by atoms with van der Waals surface area (Å²) < 4.78 is 0. The summed E-state index contributed by atoms with van der Waals surface area (Å²) in [4.78, 5) is 11.1. The van der Waals surface area contributed by atoms with Crippen molar-refractivity contribution in [1.82, 2.24) is 9.97 Å². The van der Waals surface area contributed by atoms with Gasteiger partial charge in [0.2, 0.25) is 0 Å². The van der Waals surface area contributed by atoms with Crippen molar-refractivity contribution in [3.63, 3.8) is 0 Å². The Labute approximate surface area is 109 Å². The van der Waals surface area contributed by atoms with Crippen LogP contribution in [0, 0.1) is 0 Å². The van der Waals surface area contributed by atoms with Crippen LogP contribution in [-0.2, 0) is 6.42 Å². The lowest BCUT2D eigenvalue weighted by atomic mass is 10.2. The van der Waals surface area contributed by atoms with E-state index in [9.17, 15) is 0 Å². The van der Waals surface area contributed by atoms with Gasteiger partial charge in [0.1, 0.15) is 17.0 Å². The van der Waals surface area contributed by atoms with Crippen molar-refractivity contribution in [2.75, 3.05) is 11.2 Å². The molecule has 1 saturated carbocycles. The molecule has 5 heteroatoms. The minimum absolute atomic E-state index is 0.0805. The van der Waals surface area contributed by atoms with Crippen LogP contribution in [0.4, 0.5) is 5.82 Å². The molecule has 0 radical (unpaired) electrons. The molecule has 0 aromatic carbocycles. The molecule has 0 spiro atoms. The van der Waals surface area contributed by atoms with E-state index in [1.165, 1.54) is 4.88 Å². The Morgan fingerprint density at radius 2 is 2.29 bits per heavy atom. The fourth-order valence-electron chi connectivity index (χ4n) is 1.87. The molecule has 0 saturated heterocycles. The lowest BCUT2D eigenvalue weighted by Gasteiger charge is -2.14. The van der Waals surface area contributed by atoms with Gasteiger partial charge in [0, 0.05) is 10.8 Å². The molecule has 3 rings (SSSR count). The fourth-order valence-corrected chi connectivity index (χ4v) is 3.14. The zero-order valence-corrected chi connectivity index (χ0v) is 11.2. The van der Waals surface area contributed by atoms with Crippen LogP contribution in [0.5, 0.6) is 0 Å². The smallest absolute Gasteiger partial charge is 0.138 e. The number of anilines is 1. The summed E-state index contributed by atoms with van der Waals surface area (Å²) in [5.74, 6) is 1.58. The molecule has 1 N–H and O–H groups in total. The second kappa shape index (κ2) is 4.10. The van der Waals surface area contributed by atoms with Gasteiger partial charge in [-0.15, -0.1) is 22.9 Å². The maximum absolute atomic E-state index is 5.99. The second-order valence-corrected chi connectivity index (χ2v) is 5.93. The van der Waals surface area contributed by atoms with Crippen molar-refractivity contribution in [2.24, 2.45) is 0 Å². The number of aromatic nitrogens is 2. The minimum Gasteiger partial charge on any atom is -0.363 e. The van der Waals surface area contributed by atoms with E-state index in [-0.39, 0.29) is 5.54 Å². The second-order valence-electron chi connectivity index (χ2n) is 4.55. The number of aryl methyl sites for hydroxylation is 1. The molecule has 0 aliphatic heterocycles. The number of hydrogen-bond acceptors (Lipinski definition) is 4. The summed E-state index contributed by atoms with van der Waals surface area (Å²) in [6.07, 6.45) is 4.94. The molecule has 1 aliphatic carbocycles. The first-order chi connectivity index (χ1) is 8.26. The summed E-state index contributed by atoms with van der Waals surface area (Å²) in [6, 6.07) is 2.19. The molecule has 0 amide bonds. The summed E-state index contributed by atoms with van der Waals surface area (Å²) in [6.45, 7) is 2.16. The zero-order chi connectivity index (χ0) is 11.9. The van der Waals surface area contributed by atoms with Crippen molar-refractivity contribution < 1.29 is 0 Å². The Morgan fingerprint density at radius 3 is 2.94 bits per heavy atom. The predicted molar refractivity (Wildman–Crippen MR) is 73.1 cm³/mol. The summed E-state index contributed by atoms with van der Waals surface area (Å²) in [5, 5.41) is 4.61. The van der Waals surface area contributed by atoms with Crippen molar-refractivity contribution in [3.05, 3.63) is 17.3 Å². The molecule has 1 aliphatic rings. The Balaban J connectivity index is 2.00. The number of alkyl halides is 1. The van der Waals surface area contributed by atoms with Gasteiger partial charge in [-0.05, 0) is 25.3 Å². The largest absolute Gasteiger partial charge is 0.363 e. The van der Waals surface area contributed by atoms with Crippen LogP contribution in [0.25, 0.3) is 10.2 Å². The van der Waals surface area contributed by atoms with E-state index in [4.69, 9.17) is 11.6 Å². The van der Waals surface area contributed by atoms with Gasteiger partial charge in [0.15, 0.2) is 0 Å². The first-order valence-corrected chi connectivity index (χ1v) is 7.19. The molecule has 0 bridgehead atoms. The van der Waals surface area contributed by atoms with E-state index >= 15 is 0 Å². The van der Waals surface area contributed by atoms with Gasteiger partial charge in [0.05, 0.1) is 10.9 Å². The number of nitrogens with zero attached hydrogens (tertiary/aromatic N) is 2.